The fourth-order valence-corrected chi connectivity index (χ4v) is 3.52. The van der Waals surface area contributed by atoms with Crippen LogP contribution in [0.25, 0.3) is 0 Å². The Morgan fingerprint density at radius 3 is 3.18 bits per heavy atom. The third-order valence-electron chi connectivity index (χ3n) is 3.04. The number of thiophene rings is 1. The topological polar surface area (TPSA) is 32.3 Å². The SMILES string of the molecule is CC1CCCN(C(=O)NCc2sccc2Br)C1. The van der Waals surface area contributed by atoms with Crippen LogP contribution in [0.1, 0.15) is 24.6 Å². The van der Waals surface area contributed by atoms with Crippen molar-refractivity contribution in [2.45, 2.75) is 26.3 Å². The molecular formula is C12H17BrN2OS. The first-order valence-corrected chi connectivity index (χ1v) is 7.58. The van der Waals surface area contributed by atoms with Gasteiger partial charge in [0.15, 0.2) is 0 Å². The van der Waals surface area contributed by atoms with Gasteiger partial charge in [0.2, 0.25) is 0 Å². The second-order valence-electron chi connectivity index (χ2n) is 4.54. The molecule has 0 spiro atoms. The van der Waals surface area contributed by atoms with Crippen molar-refractivity contribution in [3.05, 3.63) is 20.8 Å². The molecule has 1 aromatic rings. The number of carbonyl (C=O) groups excluding carboxylic acids is 1. The Bertz CT molecular complexity index is 394. The van der Waals surface area contributed by atoms with Crippen LogP contribution >= 0.6 is 27.3 Å². The molecule has 0 radical (unpaired) electrons. The van der Waals surface area contributed by atoms with E-state index in [1.165, 1.54) is 11.3 Å². The molecule has 2 rings (SSSR count). The average Bonchev–Trinajstić information content (AvgIpc) is 2.72. The van der Waals surface area contributed by atoms with E-state index in [-0.39, 0.29) is 6.03 Å². The molecule has 5 heteroatoms. The maximum Gasteiger partial charge on any atom is 0.317 e. The van der Waals surface area contributed by atoms with Crippen LogP contribution < -0.4 is 5.32 Å². The van der Waals surface area contributed by atoms with Crippen molar-refractivity contribution in [1.29, 1.82) is 0 Å². The summed E-state index contributed by atoms with van der Waals surface area (Å²) in [5.41, 5.74) is 0. The molecule has 1 N–H and O–H groups in total. The lowest BCUT2D eigenvalue weighted by Gasteiger charge is -2.30. The Hall–Kier alpha value is -0.550. The monoisotopic (exact) mass is 316 g/mol. The highest BCUT2D eigenvalue weighted by Crippen LogP contribution is 2.22. The number of amides is 2. The minimum absolute atomic E-state index is 0.0665. The molecule has 0 aliphatic carbocycles. The van der Waals surface area contributed by atoms with Gasteiger partial charge in [-0.3, -0.25) is 0 Å². The molecule has 17 heavy (non-hydrogen) atoms. The molecule has 0 aromatic carbocycles. The van der Waals surface area contributed by atoms with E-state index in [9.17, 15) is 4.79 Å². The van der Waals surface area contributed by atoms with E-state index in [0.717, 1.165) is 24.0 Å². The molecule has 1 fully saturated rings. The van der Waals surface area contributed by atoms with Crippen LogP contribution in [-0.4, -0.2) is 24.0 Å². The van der Waals surface area contributed by atoms with Gasteiger partial charge in [-0.15, -0.1) is 11.3 Å². The van der Waals surface area contributed by atoms with Gasteiger partial charge in [0.05, 0.1) is 6.54 Å². The van der Waals surface area contributed by atoms with E-state index in [1.54, 1.807) is 11.3 Å². The van der Waals surface area contributed by atoms with Gasteiger partial charge in [0.1, 0.15) is 0 Å². The molecular weight excluding hydrogens is 300 g/mol. The molecule has 1 aliphatic heterocycles. The highest BCUT2D eigenvalue weighted by molar-refractivity contribution is 9.10. The van der Waals surface area contributed by atoms with Gasteiger partial charge in [-0.2, -0.15) is 0 Å². The van der Waals surface area contributed by atoms with E-state index in [4.69, 9.17) is 0 Å². The van der Waals surface area contributed by atoms with Crippen molar-refractivity contribution in [3.63, 3.8) is 0 Å². The zero-order valence-electron chi connectivity index (χ0n) is 9.91. The third-order valence-corrected chi connectivity index (χ3v) is 4.96. The number of hydrogen-bond acceptors (Lipinski definition) is 2. The van der Waals surface area contributed by atoms with Crippen LogP contribution in [0.2, 0.25) is 0 Å². The van der Waals surface area contributed by atoms with Gasteiger partial charge in [-0.05, 0) is 46.1 Å². The maximum atomic E-state index is 12.0. The molecule has 94 valence electrons. The number of urea groups is 1. The first-order valence-electron chi connectivity index (χ1n) is 5.91. The summed E-state index contributed by atoms with van der Waals surface area (Å²) < 4.78 is 1.08. The lowest BCUT2D eigenvalue weighted by Crippen LogP contribution is -2.44. The molecule has 2 amide bonds. The zero-order valence-corrected chi connectivity index (χ0v) is 12.3. The second-order valence-corrected chi connectivity index (χ2v) is 6.40. The van der Waals surface area contributed by atoms with E-state index >= 15 is 0 Å². The van der Waals surface area contributed by atoms with Gasteiger partial charge >= 0.3 is 6.03 Å². The van der Waals surface area contributed by atoms with Crippen LogP contribution in [0.3, 0.4) is 0 Å². The summed E-state index contributed by atoms with van der Waals surface area (Å²) >= 11 is 5.13. The molecule has 1 aliphatic rings. The molecule has 1 atom stereocenters. The first-order chi connectivity index (χ1) is 8.16. The predicted octanol–water partition coefficient (Wildman–Crippen LogP) is 3.45. The Morgan fingerprint density at radius 2 is 2.53 bits per heavy atom. The maximum absolute atomic E-state index is 12.0. The summed E-state index contributed by atoms with van der Waals surface area (Å²) in [5, 5.41) is 5.01. The van der Waals surface area contributed by atoms with Crippen LogP contribution in [0.5, 0.6) is 0 Å². The van der Waals surface area contributed by atoms with Crippen molar-refractivity contribution < 1.29 is 4.79 Å². The highest BCUT2D eigenvalue weighted by Gasteiger charge is 2.20. The van der Waals surface area contributed by atoms with E-state index in [2.05, 4.69) is 28.2 Å². The molecule has 0 saturated carbocycles. The Balaban J connectivity index is 1.83. The van der Waals surface area contributed by atoms with Gasteiger partial charge in [0, 0.05) is 22.4 Å². The van der Waals surface area contributed by atoms with E-state index in [1.807, 2.05) is 16.3 Å². The number of piperidine rings is 1. The van der Waals surface area contributed by atoms with Gasteiger partial charge < -0.3 is 10.2 Å². The van der Waals surface area contributed by atoms with Crippen molar-refractivity contribution in [1.82, 2.24) is 10.2 Å². The standard InChI is InChI=1S/C12H17BrN2OS/c1-9-3-2-5-15(8-9)12(16)14-7-11-10(13)4-6-17-11/h4,6,9H,2-3,5,7-8H2,1H3,(H,14,16). The van der Waals surface area contributed by atoms with Crippen molar-refractivity contribution in [3.8, 4) is 0 Å². The molecule has 2 heterocycles. The largest absolute Gasteiger partial charge is 0.333 e. The highest BCUT2D eigenvalue weighted by atomic mass is 79.9. The molecule has 1 unspecified atom stereocenters. The minimum Gasteiger partial charge on any atom is -0.333 e. The van der Waals surface area contributed by atoms with Crippen LogP contribution in [-0.2, 0) is 6.54 Å². The van der Waals surface area contributed by atoms with Gasteiger partial charge in [-0.25, -0.2) is 4.79 Å². The Labute approximate surface area is 114 Å². The Kier molecular flexibility index (Phi) is 4.45. The third kappa shape index (κ3) is 3.45. The smallest absolute Gasteiger partial charge is 0.317 e. The number of hydrogen-bond donors (Lipinski definition) is 1. The fourth-order valence-electron chi connectivity index (χ4n) is 2.09. The van der Waals surface area contributed by atoms with Crippen molar-refractivity contribution in [2.24, 2.45) is 5.92 Å². The number of likely N-dealkylation sites (tertiary alicyclic amines) is 1. The molecule has 1 saturated heterocycles. The van der Waals surface area contributed by atoms with E-state index in [0.29, 0.717) is 12.5 Å². The van der Waals surface area contributed by atoms with Crippen LogP contribution in [0.4, 0.5) is 4.79 Å². The number of rotatable bonds is 2. The molecule has 1 aromatic heterocycles. The number of carbonyl (C=O) groups is 1. The summed E-state index contributed by atoms with van der Waals surface area (Å²) in [6.45, 7) is 4.59. The summed E-state index contributed by atoms with van der Waals surface area (Å²) in [5.74, 6) is 0.628. The number of halogens is 1. The minimum atomic E-state index is 0.0665. The number of nitrogens with zero attached hydrogens (tertiary/aromatic N) is 1. The van der Waals surface area contributed by atoms with Gasteiger partial charge in [0.25, 0.3) is 0 Å². The summed E-state index contributed by atoms with van der Waals surface area (Å²) in [6, 6.07) is 2.08. The Morgan fingerprint density at radius 1 is 1.71 bits per heavy atom. The van der Waals surface area contributed by atoms with Crippen LogP contribution in [0, 0.1) is 5.92 Å². The van der Waals surface area contributed by atoms with Crippen LogP contribution in [0.15, 0.2) is 15.9 Å². The second kappa shape index (κ2) is 5.87. The van der Waals surface area contributed by atoms with Crippen molar-refractivity contribution >= 4 is 33.3 Å². The number of nitrogens with one attached hydrogen (secondary N) is 1. The van der Waals surface area contributed by atoms with Crippen molar-refractivity contribution in [2.75, 3.05) is 13.1 Å². The fraction of sp³-hybridized carbons (Fsp3) is 0.583. The predicted molar refractivity (Wildman–Crippen MR) is 74.2 cm³/mol. The zero-order chi connectivity index (χ0) is 12.3. The average molecular weight is 317 g/mol. The molecule has 3 nitrogen and oxygen atoms in total. The lowest BCUT2D eigenvalue weighted by atomic mass is 10.0. The molecule has 0 bridgehead atoms. The normalized spacial score (nSPS) is 20.4. The van der Waals surface area contributed by atoms with Gasteiger partial charge in [-0.1, -0.05) is 6.92 Å². The first kappa shape index (κ1) is 12.9. The quantitative estimate of drug-likeness (QED) is 0.890. The summed E-state index contributed by atoms with van der Waals surface area (Å²) in [6.07, 6.45) is 2.36. The summed E-state index contributed by atoms with van der Waals surface area (Å²) in [4.78, 5) is 15.1. The summed E-state index contributed by atoms with van der Waals surface area (Å²) in [7, 11) is 0. The van der Waals surface area contributed by atoms with E-state index < -0.39 is 0 Å². The lowest BCUT2D eigenvalue weighted by molar-refractivity contribution is 0.169.